The number of para-hydroxylation sites is 1. The van der Waals surface area contributed by atoms with E-state index >= 15 is 0 Å². The van der Waals surface area contributed by atoms with Crippen molar-refractivity contribution in [2.45, 2.75) is 33.9 Å². The Kier molecular flexibility index (Phi) is 5.92. The maximum atomic E-state index is 13.8. The third-order valence-electron chi connectivity index (χ3n) is 6.88. The number of nitrogens with two attached hydrogens (primary N) is 1. The first-order valence-electron chi connectivity index (χ1n) is 12.6. The first kappa shape index (κ1) is 24.4. The summed E-state index contributed by atoms with van der Waals surface area (Å²) in [5.74, 6) is -0.620. The molecule has 3 aromatic heterocycles. The van der Waals surface area contributed by atoms with Gasteiger partial charge >= 0.3 is 11.5 Å². The van der Waals surface area contributed by atoms with Crippen LogP contribution in [0, 0.1) is 13.8 Å². The molecule has 0 atom stereocenters. The third kappa shape index (κ3) is 4.32. The van der Waals surface area contributed by atoms with Crippen molar-refractivity contribution in [3.8, 4) is 11.3 Å². The summed E-state index contributed by atoms with van der Waals surface area (Å²) in [4.78, 5) is 45.3. The Labute approximate surface area is 223 Å². The number of hydrogen-bond donors (Lipinski definition) is 1. The van der Waals surface area contributed by atoms with E-state index in [2.05, 4.69) is 26.7 Å². The largest absolute Gasteiger partial charge is 0.342 e. The van der Waals surface area contributed by atoms with Gasteiger partial charge in [0.15, 0.2) is 0 Å². The van der Waals surface area contributed by atoms with Crippen molar-refractivity contribution in [1.82, 2.24) is 24.2 Å². The van der Waals surface area contributed by atoms with Crippen molar-refractivity contribution in [3.05, 3.63) is 99.7 Å². The van der Waals surface area contributed by atoms with Gasteiger partial charge < -0.3 is 15.1 Å². The topological polar surface area (TPSA) is 118 Å². The SMILES string of the molecule is CC(=O)On1c(=O)c(-c2cn(Cc3ccc(CN)cc3)c3ccccc23)nc2cc3nc(C)c(C)nc3cc21. The molecular formula is C30H26N6O3. The smallest absolute Gasteiger partial charge is 0.330 e. The second-order valence-corrected chi connectivity index (χ2v) is 9.58. The van der Waals surface area contributed by atoms with Crippen LogP contribution in [0.4, 0.5) is 0 Å². The van der Waals surface area contributed by atoms with Gasteiger partial charge in [0.1, 0.15) is 11.2 Å². The van der Waals surface area contributed by atoms with Crippen molar-refractivity contribution in [2.75, 3.05) is 0 Å². The van der Waals surface area contributed by atoms with Crippen LogP contribution in [0.25, 0.3) is 44.2 Å². The Morgan fingerprint density at radius 3 is 2.23 bits per heavy atom. The van der Waals surface area contributed by atoms with E-state index in [0.717, 1.165) is 38.1 Å². The number of carbonyl (C=O) groups excluding carboxylic acids is 1. The van der Waals surface area contributed by atoms with Crippen LogP contribution in [0.15, 0.2) is 71.7 Å². The molecule has 0 fully saturated rings. The van der Waals surface area contributed by atoms with Gasteiger partial charge in [0, 0.05) is 42.7 Å². The van der Waals surface area contributed by atoms with E-state index in [1.807, 2.05) is 56.4 Å². The van der Waals surface area contributed by atoms with Crippen molar-refractivity contribution in [1.29, 1.82) is 0 Å². The lowest BCUT2D eigenvalue weighted by Gasteiger charge is -2.12. The Balaban J connectivity index is 1.58. The van der Waals surface area contributed by atoms with E-state index in [0.29, 0.717) is 40.7 Å². The number of carbonyl (C=O) groups is 1. The van der Waals surface area contributed by atoms with Crippen LogP contribution in [0.2, 0.25) is 0 Å². The zero-order chi connectivity index (χ0) is 27.3. The third-order valence-corrected chi connectivity index (χ3v) is 6.88. The molecule has 0 aliphatic rings. The minimum absolute atomic E-state index is 0.174. The predicted molar refractivity (Wildman–Crippen MR) is 150 cm³/mol. The van der Waals surface area contributed by atoms with E-state index < -0.39 is 11.5 Å². The first-order valence-corrected chi connectivity index (χ1v) is 12.6. The maximum absolute atomic E-state index is 13.8. The summed E-state index contributed by atoms with van der Waals surface area (Å²) >= 11 is 0. The van der Waals surface area contributed by atoms with Gasteiger partial charge in [-0.2, -0.15) is 0 Å². The van der Waals surface area contributed by atoms with Gasteiger partial charge in [0.25, 0.3) is 0 Å². The molecule has 3 heterocycles. The lowest BCUT2D eigenvalue weighted by Crippen LogP contribution is -2.31. The molecule has 0 bridgehead atoms. The summed E-state index contributed by atoms with van der Waals surface area (Å²) in [6, 6.07) is 19.4. The highest BCUT2D eigenvalue weighted by Crippen LogP contribution is 2.30. The molecular weight excluding hydrogens is 492 g/mol. The van der Waals surface area contributed by atoms with Crippen LogP contribution in [0.5, 0.6) is 0 Å². The normalized spacial score (nSPS) is 11.5. The van der Waals surface area contributed by atoms with Crippen LogP contribution in [-0.2, 0) is 17.9 Å². The second kappa shape index (κ2) is 9.45. The number of aromatic nitrogens is 5. The Hall–Kier alpha value is -4.89. The molecule has 0 saturated carbocycles. The van der Waals surface area contributed by atoms with Gasteiger partial charge in [-0.1, -0.05) is 42.5 Å². The zero-order valence-electron chi connectivity index (χ0n) is 21.8. The lowest BCUT2D eigenvalue weighted by molar-refractivity contribution is -0.141. The maximum Gasteiger partial charge on any atom is 0.330 e. The van der Waals surface area contributed by atoms with Gasteiger partial charge in [-0.05, 0) is 43.2 Å². The highest BCUT2D eigenvalue weighted by Gasteiger charge is 2.20. The average Bonchev–Trinajstić information content (AvgIpc) is 3.28. The van der Waals surface area contributed by atoms with Crippen LogP contribution < -0.4 is 16.1 Å². The molecule has 6 rings (SSSR count). The van der Waals surface area contributed by atoms with Gasteiger partial charge in [0.05, 0.1) is 27.9 Å². The van der Waals surface area contributed by atoms with Crippen LogP contribution in [-0.4, -0.2) is 30.2 Å². The molecule has 194 valence electrons. The Morgan fingerprint density at radius 2 is 1.54 bits per heavy atom. The highest BCUT2D eigenvalue weighted by molar-refractivity contribution is 5.97. The minimum atomic E-state index is -0.620. The number of rotatable bonds is 5. The van der Waals surface area contributed by atoms with Gasteiger partial charge in [-0.3, -0.25) is 4.79 Å². The summed E-state index contributed by atoms with van der Waals surface area (Å²) in [5, 5.41) is 0.862. The number of fused-ring (bicyclic) bond motifs is 3. The molecule has 9 heteroatoms. The standard InChI is InChI=1S/C30H26N6O3/c1-17-18(2)33-25-13-28-26(12-24(25)32-17)34-29(30(38)36(28)39-19(3)37)23-16-35(27-7-5-4-6-22(23)27)15-21-10-8-20(14-31)9-11-21/h4-13,16H,14-15,31H2,1-3H3. The van der Waals surface area contributed by atoms with E-state index in [9.17, 15) is 9.59 Å². The highest BCUT2D eigenvalue weighted by atomic mass is 16.7. The number of hydrogen-bond acceptors (Lipinski definition) is 7. The van der Waals surface area contributed by atoms with E-state index in [1.165, 1.54) is 6.92 Å². The molecule has 0 saturated heterocycles. The number of nitrogens with zero attached hydrogens (tertiary/aromatic N) is 5. The minimum Gasteiger partial charge on any atom is -0.342 e. The molecule has 0 radical (unpaired) electrons. The molecule has 0 amide bonds. The fourth-order valence-electron chi connectivity index (χ4n) is 4.82. The molecule has 0 aliphatic carbocycles. The van der Waals surface area contributed by atoms with Crippen LogP contribution in [0.1, 0.15) is 29.4 Å². The molecule has 2 N–H and O–H groups in total. The first-order chi connectivity index (χ1) is 18.8. The van der Waals surface area contributed by atoms with Gasteiger partial charge in [-0.15, -0.1) is 4.73 Å². The van der Waals surface area contributed by atoms with E-state index in [1.54, 1.807) is 12.1 Å². The molecule has 3 aromatic carbocycles. The Bertz CT molecular complexity index is 1970. The van der Waals surface area contributed by atoms with Crippen molar-refractivity contribution < 1.29 is 9.63 Å². The lowest BCUT2D eigenvalue weighted by atomic mass is 10.1. The van der Waals surface area contributed by atoms with Crippen molar-refractivity contribution >= 4 is 38.9 Å². The molecule has 0 aliphatic heterocycles. The predicted octanol–water partition coefficient (Wildman–Crippen LogP) is 4.06. The average molecular weight is 519 g/mol. The molecule has 6 aromatic rings. The molecule has 9 nitrogen and oxygen atoms in total. The summed E-state index contributed by atoms with van der Waals surface area (Å²) in [6.07, 6.45) is 1.92. The Morgan fingerprint density at radius 1 is 0.872 bits per heavy atom. The van der Waals surface area contributed by atoms with E-state index in [4.69, 9.17) is 15.6 Å². The second-order valence-electron chi connectivity index (χ2n) is 9.58. The fourth-order valence-corrected chi connectivity index (χ4v) is 4.82. The van der Waals surface area contributed by atoms with Gasteiger partial charge in [0.2, 0.25) is 0 Å². The number of benzene rings is 3. The summed E-state index contributed by atoms with van der Waals surface area (Å²) in [7, 11) is 0. The summed E-state index contributed by atoms with van der Waals surface area (Å²) in [5.41, 5.74) is 12.7. The van der Waals surface area contributed by atoms with Gasteiger partial charge in [-0.25, -0.2) is 19.7 Å². The quantitative estimate of drug-likeness (QED) is 0.342. The molecule has 0 unspecified atom stereocenters. The van der Waals surface area contributed by atoms with Crippen LogP contribution >= 0.6 is 0 Å². The zero-order valence-corrected chi connectivity index (χ0v) is 21.8. The molecule has 0 spiro atoms. The summed E-state index contributed by atoms with van der Waals surface area (Å²) in [6.45, 7) is 6.10. The summed E-state index contributed by atoms with van der Waals surface area (Å²) < 4.78 is 3.09. The number of aryl methyl sites for hydroxylation is 2. The van der Waals surface area contributed by atoms with E-state index in [-0.39, 0.29) is 5.69 Å². The van der Waals surface area contributed by atoms with Crippen LogP contribution in [0.3, 0.4) is 0 Å². The van der Waals surface area contributed by atoms with Crippen molar-refractivity contribution in [2.24, 2.45) is 5.73 Å². The van der Waals surface area contributed by atoms with Crippen molar-refractivity contribution in [3.63, 3.8) is 0 Å². The molecule has 39 heavy (non-hydrogen) atoms. The fraction of sp³-hybridized carbons (Fsp3) is 0.167. The monoisotopic (exact) mass is 518 g/mol.